The van der Waals surface area contributed by atoms with Crippen molar-refractivity contribution in [3.05, 3.63) is 36.0 Å². The summed E-state index contributed by atoms with van der Waals surface area (Å²) in [5.74, 6) is 2.39. The smallest absolute Gasteiger partial charge is 0.247 e. The molecule has 0 saturated carbocycles. The lowest BCUT2D eigenvalue weighted by Crippen LogP contribution is -2.21. The average Bonchev–Trinajstić information content (AvgIpc) is 3.10. The molecule has 1 fully saturated rings. The maximum absolute atomic E-state index is 5.16. The van der Waals surface area contributed by atoms with Crippen molar-refractivity contribution in [2.45, 2.75) is 19.3 Å². The van der Waals surface area contributed by atoms with Gasteiger partial charge in [-0.1, -0.05) is 12.1 Å². The third kappa shape index (κ3) is 3.63. The highest BCUT2D eigenvalue weighted by atomic mass is 16.5. The molecule has 0 spiro atoms. The third-order valence-electron chi connectivity index (χ3n) is 3.82. The largest absolute Gasteiger partial charge is 0.497 e. The number of nitrogens with one attached hydrogen (secondary N) is 1. The minimum atomic E-state index is 0.729. The monoisotopic (exact) mass is 299 g/mol. The molecule has 0 atom stereocenters. The molecule has 0 radical (unpaired) electrons. The fraction of sp³-hybridized carbons (Fsp3) is 0.438. The molecule has 1 aliphatic rings. The second-order valence-electron chi connectivity index (χ2n) is 5.36. The van der Waals surface area contributed by atoms with E-state index in [9.17, 15) is 0 Å². The molecule has 0 bridgehead atoms. The number of benzene rings is 1. The lowest BCUT2D eigenvalue weighted by Gasteiger charge is -2.14. The van der Waals surface area contributed by atoms with E-state index in [1.54, 1.807) is 13.3 Å². The van der Waals surface area contributed by atoms with Gasteiger partial charge in [0.25, 0.3) is 0 Å². The van der Waals surface area contributed by atoms with Crippen LogP contribution in [0.2, 0.25) is 0 Å². The van der Waals surface area contributed by atoms with E-state index >= 15 is 0 Å². The van der Waals surface area contributed by atoms with Crippen molar-refractivity contribution in [1.82, 2.24) is 15.2 Å². The van der Waals surface area contributed by atoms with Crippen LogP contribution in [-0.4, -0.2) is 41.9 Å². The van der Waals surface area contributed by atoms with E-state index in [4.69, 9.17) is 4.74 Å². The van der Waals surface area contributed by atoms with Crippen LogP contribution in [0.4, 0.5) is 11.8 Å². The van der Waals surface area contributed by atoms with Gasteiger partial charge >= 0.3 is 0 Å². The molecule has 6 nitrogen and oxygen atoms in total. The summed E-state index contributed by atoms with van der Waals surface area (Å²) in [5.41, 5.74) is 1.26. The molecule has 1 aromatic carbocycles. The molecule has 2 aromatic rings. The van der Waals surface area contributed by atoms with Gasteiger partial charge in [-0.25, -0.2) is 0 Å². The molecular formula is C16H21N5O. The second kappa shape index (κ2) is 7.06. The SMILES string of the molecule is COc1ccc(CCNc2cnnc(N3CCCC3)n2)cc1. The molecule has 1 aromatic heterocycles. The van der Waals surface area contributed by atoms with Gasteiger partial charge in [0, 0.05) is 19.6 Å². The normalized spacial score (nSPS) is 14.1. The molecule has 2 heterocycles. The van der Waals surface area contributed by atoms with E-state index in [2.05, 4.69) is 37.5 Å². The maximum Gasteiger partial charge on any atom is 0.247 e. The van der Waals surface area contributed by atoms with Crippen LogP contribution in [-0.2, 0) is 6.42 Å². The highest BCUT2D eigenvalue weighted by molar-refractivity contribution is 5.39. The summed E-state index contributed by atoms with van der Waals surface area (Å²) in [6.45, 7) is 2.86. The van der Waals surface area contributed by atoms with Gasteiger partial charge in [-0.15, -0.1) is 5.10 Å². The first-order chi connectivity index (χ1) is 10.8. The number of rotatable bonds is 6. The number of ether oxygens (including phenoxy) is 1. The molecule has 6 heteroatoms. The summed E-state index contributed by atoms with van der Waals surface area (Å²) >= 11 is 0. The van der Waals surface area contributed by atoms with E-state index in [0.29, 0.717) is 0 Å². The van der Waals surface area contributed by atoms with Crippen molar-refractivity contribution in [2.75, 3.05) is 37.0 Å². The zero-order valence-corrected chi connectivity index (χ0v) is 12.8. The fourth-order valence-corrected chi connectivity index (χ4v) is 2.56. The lowest BCUT2D eigenvalue weighted by atomic mass is 10.1. The first kappa shape index (κ1) is 14.6. The summed E-state index contributed by atoms with van der Waals surface area (Å²) < 4.78 is 5.16. The van der Waals surface area contributed by atoms with Gasteiger partial charge in [0.2, 0.25) is 5.95 Å². The molecule has 116 valence electrons. The van der Waals surface area contributed by atoms with Crippen molar-refractivity contribution < 1.29 is 4.74 Å². The lowest BCUT2D eigenvalue weighted by molar-refractivity contribution is 0.414. The Morgan fingerprint density at radius 3 is 2.68 bits per heavy atom. The molecule has 1 aliphatic heterocycles. The van der Waals surface area contributed by atoms with Gasteiger partial charge in [-0.2, -0.15) is 10.1 Å². The molecule has 1 N–H and O–H groups in total. The minimum Gasteiger partial charge on any atom is -0.497 e. The molecule has 1 saturated heterocycles. The first-order valence-electron chi connectivity index (χ1n) is 7.66. The van der Waals surface area contributed by atoms with E-state index in [1.165, 1.54) is 18.4 Å². The van der Waals surface area contributed by atoms with Crippen LogP contribution in [0, 0.1) is 0 Å². The Balaban J connectivity index is 1.53. The number of anilines is 2. The Bertz CT molecular complexity index is 596. The summed E-state index contributed by atoms with van der Waals surface area (Å²) in [4.78, 5) is 6.72. The Morgan fingerprint density at radius 1 is 1.18 bits per heavy atom. The van der Waals surface area contributed by atoms with Crippen LogP contribution >= 0.6 is 0 Å². The summed E-state index contributed by atoms with van der Waals surface area (Å²) in [6, 6.07) is 8.11. The predicted octanol–water partition coefficient (Wildman–Crippen LogP) is 2.13. The summed E-state index contributed by atoms with van der Waals surface area (Å²) in [7, 11) is 1.68. The Morgan fingerprint density at radius 2 is 1.95 bits per heavy atom. The van der Waals surface area contributed by atoms with Crippen molar-refractivity contribution in [3.63, 3.8) is 0 Å². The molecule has 0 unspecified atom stereocenters. The number of aromatic nitrogens is 3. The van der Waals surface area contributed by atoms with Crippen molar-refractivity contribution in [2.24, 2.45) is 0 Å². The van der Waals surface area contributed by atoms with Crippen LogP contribution < -0.4 is 15.0 Å². The zero-order chi connectivity index (χ0) is 15.2. The van der Waals surface area contributed by atoms with Crippen LogP contribution in [0.1, 0.15) is 18.4 Å². The standard InChI is InChI=1S/C16H21N5O/c1-22-14-6-4-13(5-7-14)8-9-17-15-12-18-20-16(19-15)21-10-2-3-11-21/h4-7,12H,2-3,8-11H2,1H3,(H,17,19,20). The van der Waals surface area contributed by atoms with Crippen LogP contribution in [0.5, 0.6) is 5.75 Å². The maximum atomic E-state index is 5.16. The van der Waals surface area contributed by atoms with Crippen molar-refractivity contribution in [1.29, 1.82) is 0 Å². The van der Waals surface area contributed by atoms with Gasteiger partial charge in [0.15, 0.2) is 5.82 Å². The topological polar surface area (TPSA) is 63.2 Å². The zero-order valence-electron chi connectivity index (χ0n) is 12.8. The number of methoxy groups -OCH3 is 1. The van der Waals surface area contributed by atoms with Gasteiger partial charge in [-0.05, 0) is 37.0 Å². The fourth-order valence-electron chi connectivity index (χ4n) is 2.56. The molecule has 0 aliphatic carbocycles. The molecular weight excluding hydrogens is 278 g/mol. The third-order valence-corrected chi connectivity index (χ3v) is 3.82. The quantitative estimate of drug-likeness (QED) is 0.881. The van der Waals surface area contributed by atoms with Gasteiger partial charge in [0.1, 0.15) is 5.75 Å². The Kier molecular flexibility index (Phi) is 4.68. The van der Waals surface area contributed by atoms with Crippen molar-refractivity contribution in [3.8, 4) is 5.75 Å². The van der Waals surface area contributed by atoms with E-state index in [1.807, 2.05) is 12.1 Å². The van der Waals surface area contributed by atoms with E-state index in [-0.39, 0.29) is 0 Å². The van der Waals surface area contributed by atoms with Gasteiger partial charge in [0.05, 0.1) is 13.3 Å². The Hall–Kier alpha value is -2.37. The molecule has 3 rings (SSSR count). The minimum absolute atomic E-state index is 0.729. The number of hydrogen-bond acceptors (Lipinski definition) is 6. The highest BCUT2D eigenvalue weighted by Gasteiger charge is 2.15. The van der Waals surface area contributed by atoms with Gasteiger partial charge in [-0.3, -0.25) is 0 Å². The van der Waals surface area contributed by atoms with Crippen LogP contribution in [0.15, 0.2) is 30.5 Å². The predicted molar refractivity (Wildman–Crippen MR) is 86.5 cm³/mol. The molecule has 22 heavy (non-hydrogen) atoms. The van der Waals surface area contributed by atoms with Crippen LogP contribution in [0.25, 0.3) is 0 Å². The number of nitrogens with zero attached hydrogens (tertiary/aromatic N) is 4. The van der Waals surface area contributed by atoms with Crippen LogP contribution in [0.3, 0.4) is 0 Å². The van der Waals surface area contributed by atoms with E-state index in [0.717, 1.165) is 43.6 Å². The number of hydrogen-bond donors (Lipinski definition) is 1. The van der Waals surface area contributed by atoms with Crippen molar-refractivity contribution >= 4 is 11.8 Å². The summed E-state index contributed by atoms with van der Waals surface area (Å²) in [6.07, 6.45) is 5.01. The first-order valence-corrected chi connectivity index (χ1v) is 7.66. The van der Waals surface area contributed by atoms with Gasteiger partial charge < -0.3 is 15.0 Å². The molecule has 0 amide bonds. The Labute approximate surface area is 130 Å². The second-order valence-corrected chi connectivity index (χ2v) is 5.36. The highest BCUT2D eigenvalue weighted by Crippen LogP contribution is 2.16. The van der Waals surface area contributed by atoms with E-state index < -0.39 is 0 Å². The summed E-state index contributed by atoms with van der Waals surface area (Å²) in [5, 5.41) is 11.5. The average molecular weight is 299 g/mol.